The molecular formula is C5H5Lu. The Morgan fingerprint density at radius 2 is 1.17 bits per heavy atom. The second kappa shape index (κ2) is 3.89. The minimum atomic E-state index is 0. The predicted molar refractivity (Wildman–Crippen MR) is 22.6 cm³/mol. The molecule has 1 rings (SSSR count). The molecule has 0 aromatic carbocycles. The first-order valence-electron chi connectivity index (χ1n) is 1.67. The van der Waals surface area contributed by atoms with Crippen LogP contribution in [0.15, 0.2) is 24.3 Å². The molecule has 0 saturated heterocycles. The van der Waals surface area contributed by atoms with E-state index in [2.05, 4.69) is 0 Å². The zero-order valence-electron chi connectivity index (χ0n) is 3.14. The van der Waals surface area contributed by atoms with E-state index < -0.39 is 0 Å². The Morgan fingerprint density at radius 1 is 0.667 bits per heavy atom. The summed E-state index contributed by atoms with van der Waals surface area (Å²) in [5.74, 6) is 0. The van der Waals surface area contributed by atoms with Crippen molar-refractivity contribution in [3.05, 3.63) is 30.7 Å². The summed E-state index contributed by atoms with van der Waals surface area (Å²) in [5.41, 5.74) is 0. The van der Waals surface area contributed by atoms with E-state index in [0.29, 0.717) is 0 Å². The monoisotopic (exact) mass is 240 g/mol. The topological polar surface area (TPSA) is 0 Å². The fraction of sp³-hybridized carbons (Fsp3) is 0. The van der Waals surface area contributed by atoms with Gasteiger partial charge in [0, 0.05) is 43.3 Å². The van der Waals surface area contributed by atoms with Gasteiger partial charge in [0.05, 0.1) is 0 Å². The molecule has 0 unspecified atom stereocenters. The number of hydrogen-bond donors (Lipinski definition) is 0. The van der Waals surface area contributed by atoms with Crippen LogP contribution in [0.4, 0.5) is 0 Å². The van der Waals surface area contributed by atoms with Gasteiger partial charge < -0.3 is 0 Å². The second-order valence-electron chi connectivity index (χ2n) is 0.962. The van der Waals surface area contributed by atoms with Crippen LogP contribution in [0, 0.1) is 43.3 Å². The molecular weight excluding hydrogens is 235 g/mol. The Morgan fingerprint density at radius 3 is 1.33 bits per heavy atom. The van der Waals surface area contributed by atoms with E-state index in [1.807, 2.05) is 30.7 Å². The maximum Gasteiger partial charge on any atom is 0.00506 e. The minimum absolute atomic E-state index is 0. The molecule has 1 aliphatic carbocycles. The van der Waals surface area contributed by atoms with Gasteiger partial charge in [0.25, 0.3) is 0 Å². The first-order valence-corrected chi connectivity index (χ1v) is 1.67. The van der Waals surface area contributed by atoms with Gasteiger partial charge >= 0.3 is 0 Å². The van der Waals surface area contributed by atoms with Gasteiger partial charge in [-0.3, -0.25) is 0 Å². The molecule has 0 aliphatic heterocycles. The predicted octanol–water partition coefficient (Wildman–Crippen LogP) is 1.32. The SMILES string of the molecule is [CH]1C=CC=C1.[Lu]. The van der Waals surface area contributed by atoms with Gasteiger partial charge in [0.1, 0.15) is 0 Å². The summed E-state index contributed by atoms with van der Waals surface area (Å²) in [4.78, 5) is 0. The fourth-order valence-corrected chi connectivity index (χ4v) is 0.321. The summed E-state index contributed by atoms with van der Waals surface area (Å²) in [6.45, 7) is 0. The third-order valence-electron chi connectivity index (χ3n) is 0.556. The molecule has 0 aromatic rings. The number of rotatable bonds is 0. The average Bonchev–Trinajstić information content (AvgIpc) is 1.76. The molecule has 0 bridgehead atoms. The van der Waals surface area contributed by atoms with Crippen LogP contribution in [-0.4, -0.2) is 0 Å². The van der Waals surface area contributed by atoms with E-state index in [9.17, 15) is 0 Å². The van der Waals surface area contributed by atoms with Crippen molar-refractivity contribution in [3.8, 4) is 0 Å². The molecule has 0 aromatic heterocycles. The third-order valence-corrected chi connectivity index (χ3v) is 0.556. The molecule has 40 valence electrons. The van der Waals surface area contributed by atoms with Crippen LogP contribution in [0.3, 0.4) is 0 Å². The van der Waals surface area contributed by atoms with Crippen molar-refractivity contribution in [2.45, 2.75) is 0 Å². The minimum Gasteiger partial charge on any atom is -0.0767 e. The number of hydrogen-bond acceptors (Lipinski definition) is 0. The van der Waals surface area contributed by atoms with Crippen LogP contribution in [0.5, 0.6) is 0 Å². The standard InChI is InChI=1S/C5H5.Lu/c1-2-4-5-3-1;/h1-5H;. The third kappa shape index (κ3) is 1.99. The molecule has 1 heteroatoms. The molecule has 0 amide bonds. The second-order valence-corrected chi connectivity index (χ2v) is 0.962. The van der Waals surface area contributed by atoms with Crippen molar-refractivity contribution in [1.29, 1.82) is 0 Å². The van der Waals surface area contributed by atoms with E-state index >= 15 is 0 Å². The summed E-state index contributed by atoms with van der Waals surface area (Å²) in [6.07, 6.45) is 10.0. The van der Waals surface area contributed by atoms with Gasteiger partial charge in [-0.15, -0.1) is 0 Å². The zero-order chi connectivity index (χ0) is 3.54. The van der Waals surface area contributed by atoms with E-state index in [4.69, 9.17) is 0 Å². The summed E-state index contributed by atoms with van der Waals surface area (Å²) in [7, 11) is 0. The first kappa shape index (κ1) is 6.71. The molecule has 0 fully saturated rings. The largest absolute Gasteiger partial charge is 0.0767 e. The molecule has 2 radical (unpaired) electrons. The Kier molecular flexibility index (Phi) is 4.35. The first-order chi connectivity index (χ1) is 2.50. The molecule has 0 nitrogen and oxygen atoms in total. The van der Waals surface area contributed by atoms with Gasteiger partial charge in [-0.2, -0.15) is 0 Å². The molecule has 0 atom stereocenters. The number of allylic oxidation sites excluding steroid dienone is 4. The summed E-state index contributed by atoms with van der Waals surface area (Å²) >= 11 is 0. The van der Waals surface area contributed by atoms with E-state index in [1.165, 1.54) is 0 Å². The Labute approximate surface area is 67.1 Å². The molecule has 0 spiro atoms. The van der Waals surface area contributed by atoms with E-state index in [1.54, 1.807) is 0 Å². The van der Waals surface area contributed by atoms with Gasteiger partial charge in [0.15, 0.2) is 0 Å². The fourth-order valence-electron chi connectivity index (χ4n) is 0.321. The average molecular weight is 240 g/mol. The molecule has 0 heterocycles. The van der Waals surface area contributed by atoms with Gasteiger partial charge in [0.2, 0.25) is 0 Å². The van der Waals surface area contributed by atoms with Crippen LogP contribution in [-0.2, 0) is 0 Å². The molecule has 0 N–H and O–H groups in total. The van der Waals surface area contributed by atoms with E-state index in [-0.39, 0.29) is 36.9 Å². The Bertz CT molecular complexity index is 62.0. The normalized spacial score (nSPS) is 14.7. The van der Waals surface area contributed by atoms with E-state index in [0.717, 1.165) is 0 Å². The molecule has 0 saturated carbocycles. The zero-order valence-corrected chi connectivity index (χ0v) is 4.80. The molecule has 6 heavy (non-hydrogen) atoms. The summed E-state index contributed by atoms with van der Waals surface area (Å²) in [5, 5.41) is 0. The molecule has 1 aliphatic rings. The Balaban J connectivity index is 0.000000250. The van der Waals surface area contributed by atoms with Crippen LogP contribution in [0.1, 0.15) is 0 Å². The van der Waals surface area contributed by atoms with Crippen LogP contribution < -0.4 is 0 Å². The van der Waals surface area contributed by atoms with Crippen molar-refractivity contribution in [1.82, 2.24) is 0 Å². The Hall–Kier alpha value is 0.714. The van der Waals surface area contributed by atoms with Crippen LogP contribution >= 0.6 is 0 Å². The van der Waals surface area contributed by atoms with Crippen LogP contribution in [0.25, 0.3) is 0 Å². The van der Waals surface area contributed by atoms with Gasteiger partial charge in [-0.05, 0) is 0 Å². The van der Waals surface area contributed by atoms with Crippen molar-refractivity contribution in [3.63, 3.8) is 0 Å². The summed E-state index contributed by atoms with van der Waals surface area (Å²) < 4.78 is 0. The quantitative estimate of drug-likeness (QED) is 0.599. The van der Waals surface area contributed by atoms with Crippen molar-refractivity contribution >= 4 is 0 Å². The van der Waals surface area contributed by atoms with Gasteiger partial charge in [-0.1, -0.05) is 24.3 Å². The van der Waals surface area contributed by atoms with Gasteiger partial charge in [-0.25, -0.2) is 0 Å². The van der Waals surface area contributed by atoms with Crippen LogP contribution in [0.2, 0.25) is 0 Å². The maximum atomic E-state index is 2.00. The van der Waals surface area contributed by atoms with Crippen molar-refractivity contribution in [2.24, 2.45) is 0 Å². The maximum absolute atomic E-state index is 2.00. The van der Waals surface area contributed by atoms with Crippen molar-refractivity contribution < 1.29 is 36.9 Å². The summed E-state index contributed by atoms with van der Waals surface area (Å²) in [6, 6.07) is 0. The smallest absolute Gasteiger partial charge is 0.00506 e. The van der Waals surface area contributed by atoms with Crippen molar-refractivity contribution in [2.75, 3.05) is 0 Å².